The number of nitrogens with zero attached hydrogens (tertiary/aromatic N) is 1. The van der Waals surface area contributed by atoms with E-state index in [0.29, 0.717) is 6.04 Å². The number of likely N-dealkylation sites (tertiary alicyclic amines) is 1. The molecule has 1 saturated carbocycles. The molecular formula is C16H32N2. The van der Waals surface area contributed by atoms with E-state index in [4.69, 9.17) is 0 Å². The summed E-state index contributed by atoms with van der Waals surface area (Å²) in [6.07, 6.45) is 11.4. The van der Waals surface area contributed by atoms with Gasteiger partial charge in [0.15, 0.2) is 0 Å². The highest BCUT2D eigenvalue weighted by Gasteiger charge is 2.20. The fraction of sp³-hybridized carbons (Fsp3) is 1.00. The van der Waals surface area contributed by atoms with E-state index in [0.717, 1.165) is 12.0 Å². The van der Waals surface area contributed by atoms with Crippen molar-refractivity contribution in [3.05, 3.63) is 0 Å². The molecule has 0 spiro atoms. The standard InChI is InChI=1S/C16H32N2/c1-3-15-7-6-8-16(10-9-15)17-14(2)13-18-11-4-5-12-18/h14-17H,3-13H2,1-2H3. The Labute approximate surface area is 114 Å². The third-order valence-electron chi connectivity index (χ3n) is 4.92. The molecule has 0 aromatic rings. The lowest BCUT2D eigenvalue weighted by Crippen LogP contribution is -2.43. The summed E-state index contributed by atoms with van der Waals surface area (Å²) in [7, 11) is 0. The SMILES string of the molecule is CCC1CCCC(NC(C)CN2CCCC2)CC1. The average molecular weight is 252 g/mol. The van der Waals surface area contributed by atoms with Gasteiger partial charge < -0.3 is 10.2 Å². The third kappa shape index (κ3) is 4.55. The van der Waals surface area contributed by atoms with Gasteiger partial charge in [-0.1, -0.05) is 26.2 Å². The van der Waals surface area contributed by atoms with Gasteiger partial charge in [0, 0.05) is 18.6 Å². The van der Waals surface area contributed by atoms with Crippen molar-refractivity contribution in [3.8, 4) is 0 Å². The zero-order chi connectivity index (χ0) is 12.8. The van der Waals surface area contributed by atoms with Crippen LogP contribution < -0.4 is 5.32 Å². The molecule has 2 nitrogen and oxygen atoms in total. The van der Waals surface area contributed by atoms with E-state index in [1.54, 1.807) is 0 Å². The van der Waals surface area contributed by atoms with E-state index in [2.05, 4.69) is 24.1 Å². The second-order valence-corrected chi connectivity index (χ2v) is 6.55. The lowest BCUT2D eigenvalue weighted by molar-refractivity contribution is 0.278. The first kappa shape index (κ1) is 14.3. The Hall–Kier alpha value is -0.0800. The van der Waals surface area contributed by atoms with Crippen LogP contribution in [0.4, 0.5) is 0 Å². The number of hydrogen-bond donors (Lipinski definition) is 1. The van der Waals surface area contributed by atoms with Gasteiger partial charge in [0.05, 0.1) is 0 Å². The molecule has 18 heavy (non-hydrogen) atoms. The van der Waals surface area contributed by atoms with Crippen LogP contribution in [0.1, 0.15) is 65.2 Å². The molecular weight excluding hydrogens is 220 g/mol. The molecule has 3 unspecified atom stereocenters. The van der Waals surface area contributed by atoms with Gasteiger partial charge in [0.25, 0.3) is 0 Å². The summed E-state index contributed by atoms with van der Waals surface area (Å²) in [5.74, 6) is 1.01. The molecule has 0 amide bonds. The molecule has 2 heteroatoms. The van der Waals surface area contributed by atoms with Gasteiger partial charge in [-0.3, -0.25) is 0 Å². The van der Waals surface area contributed by atoms with E-state index in [-0.39, 0.29) is 0 Å². The molecule has 1 heterocycles. The predicted molar refractivity (Wildman–Crippen MR) is 78.9 cm³/mol. The highest BCUT2D eigenvalue weighted by atomic mass is 15.2. The van der Waals surface area contributed by atoms with Gasteiger partial charge >= 0.3 is 0 Å². The summed E-state index contributed by atoms with van der Waals surface area (Å²) in [4.78, 5) is 2.63. The van der Waals surface area contributed by atoms with Gasteiger partial charge in [-0.15, -0.1) is 0 Å². The van der Waals surface area contributed by atoms with Crippen molar-refractivity contribution >= 4 is 0 Å². The van der Waals surface area contributed by atoms with Crippen molar-refractivity contribution in [2.24, 2.45) is 5.92 Å². The van der Waals surface area contributed by atoms with Crippen molar-refractivity contribution in [2.45, 2.75) is 77.3 Å². The van der Waals surface area contributed by atoms with Crippen LogP contribution >= 0.6 is 0 Å². The van der Waals surface area contributed by atoms with Gasteiger partial charge in [0.1, 0.15) is 0 Å². The zero-order valence-electron chi connectivity index (χ0n) is 12.5. The zero-order valence-corrected chi connectivity index (χ0v) is 12.5. The van der Waals surface area contributed by atoms with Crippen LogP contribution in [0.25, 0.3) is 0 Å². The predicted octanol–water partition coefficient (Wildman–Crippen LogP) is 3.42. The second-order valence-electron chi connectivity index (χ2n) is 6.55. The summed E-state index contributed by atoms with van der Waals surface area (Å²) in [5.41, 5.74) is 0. The molecule has 0 aromatic carbocycles. The average Bonchev–Trinajstić information content (AvgIpc) is 2.75. The molecule has 0 aromatic heterocycles. The first-order chi connectivity index (χ1) is 8.78. The van der Waals surface area contributed by atoms with Gasteiger partial charge in [-0.2, -0.15) is 0 Å². The maximum absolute atomic E-state index is 3.89. The van der Waals surface area contributed by atoms with Crippen LogP contribution in [0.3, 0.4) is 0 Å². The van der Waals surface area contributed by atoms with Crippen molar-refractivity contribution in [1.29, 1.82) is 0 Å². The van der Waals surface area contributed by atoms with Crippen LogP contribution in [0.5, 0.6) is 0 Å². The van der Waals surface area contributed by atoms with Gasteiger partial charge in [0.2, 0.25) is 0 Å². The Bertz CT molecular complexity index is 223. The topological polar surface area (TPSA) is 15.3 Å². The van der Waals surface area contributed by atoms with Crippen LogP contribution in [0.15, 0.2) is 0 Å². The lowest BCUT2D eigenvalue weighted by atomic mass is 9.98. The fourth-order valence-corrected chi connectivity index (χ4v) is 3.76. The largest absolute Gasteiger partial charge is 0.310 e. The minimum Gasteiger partial charge on any atom is -0.310 e. The van der Waals surface area contributed by atoms with Gasteiger partial charge in [-0.05, 0) is 58.0 Å². The molecule has 0 bridgehead atoms. The maximum atomic E-state index is 3.89. The summed E-state index contributed by atoms with van der Waals surface area (Å²) in [6, 6.07) is 1.46. The number of nitrogens with one attached hydrogen (secondary N) is 1. The molecule has 0 radical (unpaired) electrons. The lowest BCUT2D eigenvalue weighted by Gasteiger charge is -2.26. The van der Waals surface area contributed by atoms with Crippen LogP contribution in [-0.4, -0.2) is 36.6 Å². The van der Waals surface area contributed by atoms with Gasteiger partial charge in [-0.25, -0.2) is 0 Å². The monoisotopic (exact) mass is 252 g/mol. The normalized spacial score (nSPS) is 32.3. The maximum Gasteiger partial charge on any atom is 0.0169 e. The van der Waals surface area contributed by atoms with E-state index < -0.39 is 0 Å². The van der Waals surface area contributed by atoms with Crippen molar-refractivity contribution < 1.29 is 0 Å². The summed E-state index contributed by atoms with van der Waals surface area (Å²) < 4.78 is 0. The van der Waals surface area contributed by atoms with E-state index in [1.807, 2.05) is 0 Å². The van der Waals surface area contributed by atoms with Crippen LogP contribution in [0, 0.1) is 5.92 Å². The Balaban J connectivity index is 1.67. The first-order valence-electron chi connectivity index (χ1n) is 8.26. The summed E-state index contributed by atoms with van der Waals surface area (Å²) >= 11 is 0. The van der Waals surface area contributed by atoms with E-state index in [1.165, 1.54) is 71.0 Å². The van der Waals surface area contributed by atoms with E-state index in [9.17, 15) is 0 Å². The van der Waals surface area contributed by atoms with Crippen molar-refractivity contribution in [3.63, 3.8) is 0 Å². The minimum absolute atomic E-state index is 0.672. The third-order valence-corrected chi connectivity index (χ3v) is 4.92. The Kier molecular flexibility index (Phi) is 5.97. The number of hydrogen-bond acceptors (Lipinski definition) is 2. The Morgan fingerprint density at radius 3 is 2.56 bits per heavy atom. The summed E-state index contributed by atoms with van der Waals surface area (Å²) in [6.45, 7) is 8.64. The smallest absolute Gasteiger partial charge is 0.0169 e. The minimum atomic E-state index is 0.672. The van der Waals surface area contributed by atoms with Crippen molar-refractivity contribution in [1.82, 2.24) is 10.2 Å². The molecule has 1 N–H and O–H groups in total. The Morgan fingerprint density at radius 1 is 1.06 bits per heavy atom. The number of rotatable bonds is 5. The van der Waals surface area contributed by atoms with E-state index >= 15 is 0 Å². The molecule has 1 aliphatic carbocycles. The second kappa shape index (κ2) is 7.49. The molecule has 2 aliphatic rings. The molecule has 2 rings (SSSR count). The fourth-order valence-electron chi connectivity index (χ4n) is 3.76. The molecule has 1 saturated heterocycles. The Morgan fingerprint density at radius 2 is 1.83 bits per heavy atom. The molecule has 1 aliphatic heterocycles. The summed E-state index contributed by atoms with van der Waals surface area (Å²) in [5, 5.41) is 3.89. The molecule has 106 valence electrons. The molecule has 2 fully saturated rings. The first-order valence-corrected chi connectivity index (χ1v) is 8.26. The highest BCUT2D eigenvalue weighted by molar-refractivity contribution is 4.79. The quantitative estimate of drug-likeness (QED) is 0.754. The van der Waals surface area contributed by atoms with Crippen molar-refractivity contribution in [2.75, 3.05) is 19.6 Å². The molecule has 3 atom stereocenters. The highest BCUT2D eigenvalue weighted by Crippen LogP contribution is 2.25. The van der Waals surface area contributed by atoms with Crippen LogP contribution in [0.2, 0.25) is 0 Å². The van der Waals surface area contributed by atoms with Crippen LogP contribution in [-0.2, 0) is 0 Å².